The molecule has 4 rings (SSSR count). The molecule has 1 aliphatic rings. The lowest BCUT2D eigenvalue weighted by atomic mass is 9.98. The number of hydrogen-bond donors (Lipinski definition) is 1. The lowest BCUT2D eigenvalue weighted by Gasteiger charge is -2.24. The van der Waals surface area contributed by atoms with Crippen molar-refractivity contribution in [3.63, 3.8) is 0 Å². The van der Waals surface area contributed by atoms with Gasteiger partial charge in [0.25, 0.3) is 11.7 Å². The van der Waals surface area contributed by atoms with E-state index in [1.54, 1.807) is 0 Å². The van der Waals surface area contributed by atoms with Crippen LogP contribution < -0.4 is 0 Å². The van der Waals surface area contributed by atoms with Crippen molar-refractivity contribution in [3.05, 3.63) is 85.5 Å². The number of ketones is 1. The van der Waals surface area contributed by atoms with E-state index in [2.05, 4.69) is 0 Å². The number of halogens is 1. The van der Waals surface area contributed by atoms with Gasteiger partial charge in [-0.1, -0.05) is 6.07 Å². The molecule has 1 N–H and O–H groups in total. The molecule has 2 aromatic heterocycles. The third kappa shape index (κ3) is 3.16. The molecular formula is C21H16FNO3S2. The quantitative estimate of drug-likeness (QED) is 0.377. The molecule has 0 aliphatic carbocycles. The van der Waals surface area contributed by atoms with Crippen molar-refractivity contribution in [1.82, 2.24) is 4.90 Å². The summed E-state index contributed by atoms with van der Waals surface area (Å²) in [7, 11) is 0. The maximum absolute atomic E-state index is 13.3. The van der Waals surface area contributed by atoms with Crippen LogP contribution in [0.1, 0.15) is 26.9 Å². The third-order valence-corrected chi connectivity index (χ3v) is 6.65. The number of nitrogens with zero attached hydrogens (tertiary/aromatic N) is 1. The molecule has 7 heteroatoms. The first-order valence-corrected chi connectivity index (χ1v) is 10.3. The molecule has 0 radical (unpaired) electrons. The first kappa shape index (κ1) is 18.6. The minimum atomic E-state index is -0.726. The normalized spacial score (nSPS) is 18.8. The lowest BCUT2D eigenvalue weighted by Crippen LogP contribution is -2.28. The average molecular weight is 413 g/mol. The van der Waals surface area contributed by atoms with Gasteiger partial charge in [-0.15, -0.1) is 22.7 Å². The number of aliphatic hydroxyl groups excluding tert-OH is 1. The zero-order valence-corrected chi connectivity index (χ0v) is 16.5. The number of amides is 1. The summed E-state index contributed by atoms with van der Waals surface area (Å²) in [6, 6.07) is 10.3. The van der Waals surface area contributed by atoms with Gasteiger partial charge in [-0.2, -0.15) is 0 Å². The number of carbonyl (C=O) groups excluding carboxylic acids is 2. The van der Waals surface area contributed by atoms with Crippen molar-refractivity contribution in [1.29, 1.82) is 0 Å². The number of benzene rings is 1. The molecule has 0 bridgehead atoms. The maximum Gasteiger partial charge on any atom is 0.296 e. The molecule has 1 atom stereocenters. The Morgan fingerprint density at radius 3 is 2.46 bits per heavy atom. The molecule has 0 spiro atoms. The highest BCUT2D eigenvalue weighted by molar-refractivity contribution is 7.10. The summed E-state index contributed by atoms with van der Waals surface area (Å²) < 4.78 is 13.3. The van der Waals surface area contributed by atoms with Crippen molar-refractivity contribution in [2.45, 2.75) is 19.5 Å². The Balaban J connectivity index is 1.87. The minimum Gasteiger partial charge on any atom is -0.507 e. The number of hydrogen-bond acceptors (Lipinski definition) is 5. The summed E-state index contributed by atoms with van der Waals surface area (Å²) in [6.45, 7) is 2.19. The molecular weight excluding hydrogens is 397 g/mol. The molecule has 3 heterocycles. The van der Waals surface area contributed by atoms with Crippen LogP contribution in [0.5, 0.6) is 0 Å². The molecule has 28 heavy (non-hydrogen) atoms. The second kappa shape index (κ2) is 7.33. The zero-order valence-electron chi connectivity index (χ0n) is 14.9. The first-order chi connectivity index (χ1) is 13.5. The second-order valence-corrected chi connectivity index (χ2v) is 8.46. The summed E-state index contributed by atoms with van der Waals surface area (Å²) in [5, 5.41) is 14.7. The van der Waals surface area contributed by atoms with Crippen LogP contribution >= 0.6 is 22.7 Å². The number of aliphatic hydroxyl groups is 1. The smallest absolute Gasteiger partial charge is 0.296 e. The van der Waals surface area contributed by atoms with E-state index in [9.17, 15) is 19.1 Å². The fourth-order valence-electron chi connectivity index (χ4n) is 3.31. The van der Waals surface area contributed by atoms with Crippen LogP contribution in [-0.4, -0.2) is 21.7 Å². The Bertz CT molecular complexity index is 1070. The highest BCUT2D eigenvalue weighted by Crippen LogP contribution is 2.43. The number of Topliss-reactive ketones (excluding diaryl/α,β-unsaturated/α-hetero) is 1. The summed E-state index contributed by atoms with van der Waals surface area (Å²) in [4.78, 5) is 29.0. The van der Waals surface area contributed by atoms with Gasteiger partial charge in [0, 0.05) is 15.3 Å². The van der Waals surface area contributed by atoms with E-state index in [0.29, 0.717) is 5.56 Å². The van der Waals surface area contributed by atoms with Crippen molar-refractivity contribution in [3.8, 4) is 0 Å². The molecule has 142 valence electrons. The van der Waals surface area contributed by atoms with Gasteiger partial charge in [0.15, 0.2) is 0 Å². The molecule has 1 aliphatic heterocycles. The van der Waals surface area contributed by atoms with Crippen molar-refractivity contribution < 1.29 is 19.1 Å². The van der Waals surface area contributed by atoms with E-state index < -0.39 is 23.5 Å². The number of rotatable bonds is 4. The third-order valence-electron chi connectivity index (χ3n) is 4.71. The van der Waals surface area contributed by atoms with Crippen LogP contribution in [0.15, 0.2) is 58.8 Å². The van der Waals surface area contributed by atoms with Crippen LogP contribution in [0.4, 0.5) is 4.39 Å². The predicted molar refractivity (Wildman–Crippen MR) is 108 cm³/mol. The molecule has 1 saturated heterocycles. The summed E-state index contributed by atoms with van der Waals surface area (Å²) in [5.74, 6) is -2.10. The number of aryl methyl sites for hydroxylation is 1. The molecule has 1 unspecified atom stereocenters. The van der Waals surface area contributed by atoms with Crippen LogP contribution in [0.3, 0.4) is 0 Å². The van der Waals surface area contributed by atoms with E-state index in [1.807, 2.05) is 35.9 Å². The standard InChI is InChI=1S/C21H16FNO3S2/c1-12-8-10-28-20(12)17-16(18(24)13-4-6-14(22)7-5-13)19(25)21(26)23(17)11-15-3-2-9-27-15/h2-10,17,24H,11H2,1H3/b18-16-. The topological polar surface area (TPSA) is 57.6 Å². The summed E-state index contributed by atoms with van der Waals surface area (Å²) in [6.07, 6.45) is 0. The van der Waals surface area contributed by atoms with Crippen LogP contribution in [0.2, 0.25) is 0 Å². The SMILES string of the molecule is Cc1ccsc1C1/C(=C(/O)c2ccc(F)cc2)C(=O)C(=O)N1Cc1cccs1. The van der Waals surface area contributed by atoms with Crippen molar-refractivity contribution in [2.24, 2.45) is 0 Å². The maximum atomic E-state index is 13.3. The van der Waals surface area contributed by atoms with Crippen LogP contribution in [0, 0.1) is 12.7 Å². The lowest BCUT2D eigenvalue weighted by molar-refractivity contribution is -0.140. The molecule has 4 nitrogen and oxygen atoms in total. The van der Waals surface area contributed by atoms with Gasteiger partial charge < -0.3 is 10.0 Å². The monoisotopic (exact) mass is 413 g/mol. The van der Waals surface area contributed by atoms with E-state index >= 15 is 0 Å². The van der Waals surface area contributed by atoms with Crippen LogP contribution in [0.25, 0.3) is 5.76 Å². The van der Waals surface area contributed by atoms with Gasteiger partial charge in [-0.3, -0.25) is 9.59 Å². The fraction of sp³-hybridized carbons (Fsp3) is 0.143. The summed E-state index contributed by atoms with van der Waals surface area (Å²) in [5.41, 5.74) is 1.28. The summed E-state index contributed by atoms with van der Waals surface area (Å²) >= 11 is 2.94. The highest BCUT2D eigenvalue weighted by atomic mass is 32.1. The predicted octanol–water partition coefficient (Wildman–Crippen LogP) is 4.88. The molecule has 1 fully saturated rings. The highest BCUT2D eigenvalue weighted by Gasteiger charge is 2.47. The molecule has 0 saturated carbocycles. The second-order valence-electron chi connectivity index (χ2n) is 6.48. The van der Waals surface area contributed by atoms with E-state index in [-0.39, 0.29) is 17.9 Å². The first-order valence-electron chi connectivity index (χ1n) is 8.58. The van der Waals surface area contributed by atoms with Gasteiger partial charge in [-0.05, 0) is 59.6 Å². The Morgan fingerprint density at radius 2 is 1.86 bits per heavy atom. The Kier molecular flexibility index (Phi) is 4.87. The van der Waals surface area contributed by atoms with Gasteiger partial charge in [0.05, 0.1) is 12.1 Å². The van der Waals surface area contributed by atoms with Gasteiger partial charge >= 0.3 is 0 Å². The fourth-order valence-corrected chi connectivity index (χ4v) is 5.06. The van der Waals surface area contributed by atoms with E-state index in [0.717, 1.165) is 15.3 Å². The number of thiophene rings is 2. The van der Waals surface area contributed by atoms with Crippen molar-refractivity contribution >= 4 is 40.1 Å². The molecule has 3 aromatic rings. The van der Waals surface area contributed by atoms with Crippen LogP contribution in [-0.2, 0) is 16.1 Å². The Morgan fingerprint density at radius 1 is 1.11 bits per heavy atom. The molecule has 1 aromatic carbocycles. The Labute approximate surface area is 169 Å². The largest absolute Gasteiger partial charge is 0.507 e. The van der Waals surface area contributed by atoms with Gasteiger partial charge in [-0.25, -0.2) is 4.39 Å². The van der Waals surface area contributed by atoms with E-state index in [1.165, 1.54) is 51.8 Å². The van der Waals surface area contributed by atoms with Gasteiger partial charge in [0.1, 0.15) is 17.6 Å². The van der Waals surface area contributed by atoms with Gasteiger partial charge in [0.2, 0.25) is 0 Å². The number of likely N-dealkylation sites (tertiary alicyclic amines) is 1. The minimum absolute atomic E-state index is 0.0405. The van der Waals surface area contributed by atoms with E-state index in [4.69, 9.17) is 0 Å². The average Bonchev–Trinajstić information content (AvgIpc) is 3.39. The Hall–Kier alpha value is -2.77. The van der Waals surface area contributed by atoms with Crippen molar-refractivity contribution in [2.75, 3.05) is 0 Å². The molecule has 1 amide bonds. The number of carbonyl (C=O) groups is 2. The zero-order chi connectivity index (χ0) is 19.8.